The molecule has 0 aliphatic rings. The summed E-state index contributed by atoms with van der Waals surface area (Å²) in [6.45, 7) is 5.59. The summed E-state index contributed by atoms with van der Waals surface area (Å²) in [5.41, 5.74) is 0.769. The first kappa shape index (κ1) is 23.6. The van der Waals surface area contributed by atoms with Crippen molar-refractivity contribution in [2.75, 3.05) is 19.6 Å². The van der Waals surface area contributed by atoms with Crippen LogP contribution in [0.15, 0.2) is 41.7 Å². The van der Waals surface area contributed by atoms with E-state index >= 15 is 0 Å². The summed E-state index contributed by atoms with van der Waals surface area (Å²) < 4.78 is 2.91. The molecule has 0 bridgehead atoms. The molecule has 0 spiro atoms. The molecule has 3 rings (SSSR count). The van der Waals surface area contributed by atoms with Crippen LogP contribution in [0, 0.1) is 0 Å². The van der Waals surface area contributed by atoms with Gasteiger partial charge in [-0.3, -0.25) is 4.68 Å². The number of halogens is 1. The van der Waals surface area contributed by atoms with Gasteiger partial charge >= 0.3 is 0 Å². The van der Waals surface area contributed by atoms with Crippen LogP contribution >= 0.6 is 35.3 Å². The molecule has 158 valence electrons. The number of hydrogen-bond acceptors (Lipinski definition) is 5. The molecule has 9 heteroatoms. The second-order valence-corrected chi connectivity index (χ2v) is 8.09. The molecule has 3 aromatic rings. The van der Waals surface area contributed by atoms with Gasteiger partial charge in [0.2, 0.25) is 0 Å². The number of benzene rings is 1. The van der Waals surface area contributed by atoms with Crippen molar-refractivity contribution in [3.63, 3.8) is 0 Å². The molecular weight excluding hydrogens is 499 g/mol. The van der Waals surface area contributed by atoms with Crippen LogP contribution in [0.25, 0.3) is 10.2 Å². The third-order valence-electron chi connectivity index (χ3n) is 4.41. The van der Waals surface area contributed by atoms with Crippen LogP contribution in [0.5, 0.6) is 0 Å². The van der Waals surface area contributed by atoms with Gasteiger partial charge in [-0.05, 0) is 32.4 Å². The topological polar surface area (TPSA) is 87.4 Å². The van der Waals surface area contributed by atoms with Gasteiger partial charge < -0.3 is 15.7 Å². The lowest BCUT2D eigenvalue weighted by Gasteiger charge is -2.20. The maximum atomic E-state index is 10.7. The number of rotatable bonds is 8. The van der Waals surface area contributed by atoms with Crippen molar-refractivity contribution in [2.24, 2.45) is 12.0 Å². The second kappa shape index (κ2) is 10.9. The minimum atomic E-state index is -1.06. The molecular formula is C20H29IN6OS. The van der Waals surface area contributed by atoms with E-state index in [9.17, 15) is 5.11 Å². The third kappa shape index (κ3) is 6.65. The Morgan fingerprint density at radius 2 is 2.10 bits per heavy atom. The van der Waals surface area contributed by atoms with Gasteiger partial charge in [-0.2, -0.15) is 5.10 Å². The van der Waals surface area contributed by atoms with Crippen molar-refractivity contribution in [2.45, 2.75) is 32.3 Å². The SMILES string of the molecule is CCNC(=NCC(C)(O)c1cnn(C)c1)NCCCc1nc2ccccc2s1.I. The van der Waals surface area contributed by atoms with Crippen LogP contribution in [-0.4, -0.2) is 45.5 Å². The highest BCUT2D eigenvalue weighted by Gasteiger charge is 2.24. The van der Waals surface area contributed by atoms with Crippen LogP contribution in [-0.2, 0) is 19.1 Å². The number of aromatic nitrogens is 3. The Bertz CT molecular complexity index is 903. The summed E-state index contributed by atoms with van der Waals surface area (Å²) in [5.74, 6) is 0.705. The van der Waals surface area contributed by atoms with Crippen molar-refractivity contribution in [1.82, 2.24) is 25.4 Å². The van der Waals surface area contributed by atoms with Crippen LogP contribution in [0.4, 0.5) is 0 Å². The number of para-hydroxylation sites is 1. The number of nitrogens with zero attached hydrogens (tertiary/aromatic N) is 4. The minimum Gasteiger partial charge on any atom is -0.383 e. The van der Waals surface area contributed by atoms with Gasteiger partial charge in [0.1, 0.15) is 5.60 Å². The lowest BCUT2D eigenvalue weighted by Crippen LogP contribution is -2.39. The molecule has 2 heterocycles. The van der Waals surface area contributed by atoms with E-state index in [0.29, 0.717) is 5.96 Å². The van der Waals surface area contributed by atoms with Gasteiger partial charge in [0.25, 0.3) is 0 Å². The summed E-state index contributed by atoms with van der Waals surface area (Å²) >= 11 is 1.75. The molecule has 2 aromatic heterocycles. The number of guanidine groups is 1. The fourth-order valence-corrected chi connectivity index (χ4v) is 3.85. The van der Waals surface area contributed by atoms with Crippen molar-refractivity contribution in [3.05, 3.63) is 47.2 Å². The summed E-state index contributed by atoms with van der Waals surface area (Å²) in [4.78, 5) is 9.22. The second-order valence-electron chi connectivity index (χ2n) is 6.98. The number of aliphatic hydroxyl groups is 1. The normalized spacial score (nSPS) is 13.7. The van der Waals surface area contributed by atoms with Gasteiger partial charge in [0, 0.05) is 38.3 Å². The van der Waals surface area contributed by atoms with Crippen LogP contribution in [0.3, 0.4) is 0 Å². The Labute approximate surface area is 192 Å². The average Bonchev–Trinajstić information content (AvgIpc) is 3.29. The zero-order valence-corrected chi connectivity index (χ0v) is 20.2. The Morgan fingerprint density at radius 3 is 2.79 bits per heavy atom. The Balaban J connectivity index is 0.00000300. The molecule has 0 saturated heterocycles. The molecule has 7 nitrogen and oxygen atoms in total. The van der Waals surface area contributed by atoms with E-state index in [0.717, 1.165) is 42.0 Å². The highest BCUT2D eigenvalue weighted by molar-refractivity contribution is 14.0. The Morgan fingerprint density at radius 1 is 1.31 bits per heavy atom. The van der Waals surface area contributed by atoms with Crippen LogP contribution in [0.2, 0.25) is 0 Å². The van der Waals surface area contributed by atoms with Gasteiger partial charge in [-0.1, -0.05) is 12.1 Å². The average molecular weight is 528 g/mol. The highest BCUT2D eigenvalue weighted by atomic mass is 127. The van der Waals surface area contributed by atoms with Gasteiger partial charge in [-0.15, -0.1) is 35.3 Å². The molecule has 0 aliphatic carbocycles. The minimum absolute atomic E-state index is 0. The predicted octanol–water partition coefficient (Wildman–Crippen LogP) is 3.04. The van der Waals surface area contributed by atoms with Crippen molar-refractivity contribution >= 4 is 51.5 Å². The van der Waals surface area contributed by atoms with Gasteiger partial charge in [0.15, 0.2) is 5.96 Å². The zero-order chi connectivity index (χ0) is 20.0. The number of thiazole rings is 1. The maximum Gasteiger partial charge on any atom is 0.191 e. The molecule has 0 fully saturated rings. The molecule has 0 radical (unpaired) electrons. The monoisotopic (exact) mass is 528 g/mol. The van der Waals surface area contributed by atoms with E-state index in [1.807, 2.05) is 32.3 Å². The van der Waals surface area contributed by atoms with Crippen molar-refractivity contribution in [3.8, 4) is 0 Å². The molecule has 1 aromatic carbocycles. The Kier molecular flexibility index (Phi) is 8.84. The Hall–Kier alpha value is -1.72. The van der Waals surface area contributed by atoms with Crippen molar-refractivity contribution in [1.29, 1.82) is 0 Å². The number of hydrogen-bond donors (Lipinski definition) is 3. The van der Waals surface area contributed by atoms with E-state index in [-0.39, 0.29) is 30.5 Å². The first-order chi connectivity index (χ1) is 13.5. The number of aliphatic imine (C=N–C) groups is 1. The lowest BCUT2D eigenvalue weighted by molar-refractivity contribution is 0.0672. The number of fused-ring (bicyclic) bond motifs is 1. The van der Waals surface area contributed by atoms with Crippen molar-refractivity contribution < 1.29 is 5.11 Å². The summed E-state index contributed by atoms with van der Waals surface area (Å²) in [7, 11) is 1.83. The van der Waals surface area contributed by atoms with Gasteiger partial charge in [0.05, 0.1) is 28.0 Å². The summed E-state index contributed by atoms with van der Waals surface area (Å²) in [5, 5.41) is 22.5. The maximum absolute atomic E-state index is 10.7. The predicted molar refractivity (Wildman–Crippen MR) is 130 cm³/mol. The van der Waals surface area contributed by atoms with E-state index in [1.54, 1.807) is 29.1 Å². The molecule has 0 saturated carbocycles. The zero-order valence-electron chi connectivity index (χ0n) is 17.1. The fraction of sp³-hybridized carbons (Fsp3) is 0.450. The molecule has 1 atom stereocenters. The van der Waals surface area contributed by atoms with Gasteiger partial charge in [-0.25, -0.2) is 9.98 Å². The fourth-order valence-electron chi connectivity index (χ4n) is 2.84. The number of nitrogens with one attached hydrogen (secondary N) is 2. The summed E-state index contributed by atoms with van der Waals surface area (Å²) in [6.07, 6.45) is 5.38. The smallest absolute Gasteiger partial charge is 0.191 e. The van der Waals surface area contributed by atoms with E-state index in [1.165, 1.54) is 4.70 Å². The largest absolute Gasteiger partial charge is 0.383 e. The summed E-state index contributed by atoms with van der Waals surface area (Å²) in [6, 6.07) is 8.23. The molecule has 3 N–H and O–H groups in total. The van der Waals surface area contributed by atoms with E-state index in [4.69, 9.17) is 0 Å². The molecule has 0 aliphatic heterocycles. The quantitative estimate of drug-likeness (QED) is 0.181. The molecule has 0 amide bonds. The number of aryl methyl sites for hydroxylation is 2. The van der Waals surface area contributed by atoms with E-state index < -0.39 is 5.60 Å². The van der Waals surface area contributed by atoms with E-state index in [2.05, 4.69) is 37.8 Å². The standard InChI is InChI=1S/C20H28N6OS.HI/c1-4-21-19(23-14-20(2,27)15-12-24-26(3)13-15)22-11-7-10-18-25-16-8-5-6-9-17(16)28-18;/h5-6,8-9,12-13,27H,4,7,10-11,14H2,1-3H3,(H2,21,22,23);1H. The first-order valence-electron chi connectivity index (χ1n) is 9.56. The highest BCUT2D eigenvalue weighted by Crippen LogP contribution is 2.22. The van der Waals surface area contributed by atoms with Crippen LogP contribution < -0.4 is 10.6 Å². The molecule has 29 heavy (non-hydrogen) atoms. The lowest BCUT2D eigenvalue weighted by atomic mass is 10.0. The molecule has 1 unspecified atom stereocenters. The van der Waals surface area contributed by atoms with Crippen LogP contribution in [0.1, 0.15) is 30.8 Å². The first-order valence-corrected chi connectivity index (χ1v) is 10.4. The third-order valence-corrected chi connectivity index (χ3v) is 5.51.